The van der Waals surface area contributed by atoms with E-state index in [9.17, 15) is 10.1 Å². The second kappa shape index (κ2) is 5.34. The maximum Gasteiger partial charge on any atom is 0.338 e. The molecule has 6 heteroatoms. The molecule has 0 aliphatic rings. The van der Waals surface area contributed by atoms with Gasteiger partial charge in [-0.05, 0) is 23.8 Å². The normalized spacial score (nSPS) is 10.8. The van der Waals surface area contributed by atoms with Gasteiger partial charge in [-0.3, -0.25) is 10.1 Å². The predicted octanol–water partition coefficient (Wildman–Crippen LogP) is 3.07. The van der Waals surface area contributed by atoms with Crippen molar-refractivity contribution < 1.29 is 14.2 Å². The molecule has 0 amide bonds. The molecule has 0 radical (unpaired) electrons. The lowest BCUT2D eigenvalue weighted by Crippen LogP contribution is -1.90. The van der Waals surface area contributed by atoms with Gasteiger partial charge in [0.05, 0.1) is 12.0 Å². The van der Waals surface area contributed by atoms with Gasteiger partial charge in [0.1, 0.15) is 5.75 Å². The van der Waals surface area contributed by atoms with Crippen LogP contribution in [0.2, 0.25) is 0 Å². The van der Waals surface area contributed by atoms with E-state index < -0.39 is 4.92 Å². The van der Waals surface area contributed by atoms with Crippen molar-refractivity contribution in [2.75, 3.05) is 7.11 Å². The van der Waals surface area contributed by atoms with E-state index in [2.05, 4.69) is 5.16 Å². The second-order valence-electron chi connectivity index (χ2n) is 3.84. The number of nitrogens with zero attached hydrogens (tertiary/aromatic N) is 2. The van der Waals surface area contributed by atoms with Crippen LogP contribution < -0.4 is 4.74 Å². The Hall–Kier alpha value is -2.63. The minimum Gasteiger partial charge on any atom is -0.497 e. The molecule has 2 rings (SSSR count). The van der Waals surface area contributed by atoms with Crippen molar-refractivity contribution in [3.05, 3.63) is 51.4 Å². The summed E-state index contributed by atoms with van der Waals surface area (Å²) in [5, 5.41) is 14.5. The van der Waals surface area contributed by atoms with Crippen LogP contribution in [-0.4, -0.2) is 17.2 Å². The van der Waals surface area contributed by atoms with Gasteiger partial charge in [0, 0.05) is 6.92 Å². The average molecular weight is 260 g/mol. The van der Waals surface area contributed by atoms with Crippen molar-refractivity contribution >= 4 is 17.8 Å². The molecule has 0 fully saturated rings. The van der Waals surface area contributed by atoms with E-state index >= 15 is 0 Å². The summed E-state index contributed by atoms with van der Waals surface area (Å²) in [6.45, 7) is 1.51. The molecule has 0 aliphatic carbocycles. The zero-order chi connectivity index (χ0) is 13.8. The highest BCUT2D eigenvalue weighted by atomic mass is 16.6. The maximum atomic E-state index is 10.9. The lowest BCUT2D eigenvalue weighted by atomic mass is 10.2. The third kappa shape index (κ3) is 2.79. The first-order chi connectivity index (χ1) is 9.11. The molecule has 0 atom stereocenters. The maximum absolute atomic E-state index is 10.9. The summed E-state index contributed by atoms with van der Waals surface area (Å²) < 4.78 is 9.92. The molecule has 1 heterocycles. The van der Waals surface area contributed by atoms with Crippen LogP contribution in [0.25, 0.3) is 12.2 Å². The number of ether oxygens (including phenoxy) is 1. The molecule has 0 unspecified atom stereocenters. The fraction of sp³-hybridized carbons (Fsp3) is 0.154. The van der Waals surface area contributed by atoms with Gasteiger partial charge >= 0.3 is 5.69 Å². The molecule has 19 heavy (non-hydrogen) atoms. The molecule has 1 aromatic carbocycles. The third-order valence-corrected chi connectivity index (χ3v) is 2.57. The highest BCUT2D eigenvalue weighted by Crippen LogP contribution is 2.24. The zero-order valence-corrected chi connectivity index (χ0v) is 10.5. The van der Waals surface area contributed by atoms with Crippen molar-refractivity contribution in [3.8, 4) is 5.75 Å². The van der Waals surface area contributed by atoms with E-state index in [4.69, 9.17) is 9.26 Å². The van der Waals surface area contributed by atoms with Gasteiger partial charge in [-0.2, -0.15) is 0 Å². The Kier molecular flexibility index (Phi) is 3.61. The minimum atomic E-state index is -0.503. The van der Waals surface area contributed by atoms with Gasteiger partial charge in [-0.15, -0.1) is 0 Å². The van der Waals surface area contributed by atoms with E-state index in [1.54, 1.807) is 19.3 Å². The lowest BCUT2D eigenvalue weighted by Gasteiger charge is -1.99. The lowest BCUT2D eigenvalue weighted by molar-refractivity contribution is -0.386. The first kappa shape index (κ1) is 12.8. The first-order valence-corrected chi connectivity index (χ1v) is 5.54. The molecule has 0 spiro atoms. The van der Waals surface area contributed by atoms with E-state index in [0.717, 1.165) is 5.56 Å². The Morgan fingerprint density at radius 3 is 2.89 bits per heavy atom. The topological polar surface area (TPSA) is 78.4 Å². The highest BCUT2D eigenvalue weighted by molar-refractivity contribution is 5.72. The number of aromatic nitrogens is 1. The summed E-state index contributed by atoms with van der Waals surface area (Å²) in [6, 6.07) is 7.33. The highest BCUT2D eigenvalue weighted by Gasteiger charge is 2.21. The fourth-order valence-corrected chi connectivity index (χ4v) is 1.64. The van der Waals surface area contributed by atoms with E-state index in [1.165, 1.54) is 6.92 Å². The van der Waals surface area contributed by atoms with Gasteiger partial charge in [-0.25, -0.2) is 0 Å². The van der Waals surface area contributed by atoms with Crippen LogP contribution in [0.15, 0.2) is 28.8 Å². The molecular weight excluding hydrogens is 248 g/mol. The van der Waals surface area contributed by atoms with Gasteiger partial charge in [-0.1, -0.05) is 23.4 Å². The number of hydrogen-bond acceptors (Lipinski definition) is 5. The average Bonchev–Trinajstić information content (AvgIpc) is 2.78. The molecule has 0 N–H and O–H groups in total. The fourth-order valence-electron chi connectivity index (χ4n) is 1.64. The van der Waals surface area contributed by atoms with Crippen molar-refractivity contribution in [3.63, 3.8) is 0 Å². The summed E-state index contributed by atoms with van der Waals surface area (Å²) in [5.74, 6) is 0.906. The molecule has 0 aliphatic heterocycles. The van der Waals surface area contributed by atoms with Gasteiger partial charge in [0.2, 0.25) is 5.76 Å². The van der Waals surface area contributed by atoms with Crippen molar-refractivity contribution in [2.24, 2.45) is 0 Å². The second-order valence-corrected chi connectivity index (χ2v) is 3.84. The van der Waals surface area contributed by atoms with Crippen LogP contribution in [-0.2, 0) is 0 Å². The smallest absolute Gasteiger partial charge is 0.338 e. The standard InChI is InChI=1S/C13H12N2O4/c1-9-13(15(16)17)12(14-19-9)7-6-10-4-3-5-11(8-10)18-2/h3-8H,1-2H3. The van der Waals surface area contributed by atoms with Crippen molar-refractivity contribution in [1.29, 1.82) is 0 Å². The Balaban J connectivity index is 2.30. The molecule has 2 aromatic rings. The van der Waals surface area contributed by atoms with Crippen LogP contribution >= 0.6 is 0 Å². The predicted molar refractivity (Wildman–Crippen MR) is 69.8 cm³/mol. The molecule has 0 bridgehead atoms. The van der Waals surface area contributed by atoms with Crippen molar-refractivity contribution in [2.45, 2.75) is 6.92 Å². The molecule has 6 nitrogen and oxygen atoms in total. The molecule has 0 saturated carbocycles. The van der Waals surface area contributed by atoms with Crippen molar-refractivity contribution in [1.82, 2.24) is 5.16 Å². The van der Waals surface area contributed by atoms with Crippen LogP contribution in [0.3, 0.4) is 0 Å². The Bertz CT molecular complexity index is 631. The number of hydrogen-bond donors (Lipinski definition) is 0. The Morgan fingerprint density at radius 2 is 2.21 bits per heavy atom. The Labute approximate surface area is 109 Å². The molecule has 0 saturated heterocycles. The Morgan fingerprint density at radius 1 is 1.42 bits per heavy atom. The molecule has 1 aromatic heterocycles. The van der Waals surface area contributed by atoms with Crippen LogP contribution in [0.4, 0.5) is 5.69 Å². The van der Waals surface area contributed by atoms with E-state index in [-0.39, 0.29) is 17.1 Å². The summed E-state index contributed by atoms with van der Waals surface area (Å²) in [5.41, 5.74) is 0.943. The van der Waals surface area contributed by atoms with Gasteiger partial charge < -0.3 is 9.26 Å². The van der Waals surface area contributed by atoms with Crippen LogP contribution in [0.5, 0.6) is 5.75 Å². The molecule has 98 valence electrons. The number of rotatable bonds is 4. The summed E-state index contributed by atoms with van der Waals surface area (Å²) in [6.07, 6.45) is 3.26. The minimum absolute atomic E-state index is 0.112. The van der Waals surface area contributed by atoms with Crippen LogP contribution in [0, 0.1) is 17.0 Å². The number of benzene rings is 1. The molecular formula is C13H12N2O4. The largest absolute Gasteiger partial charge is 0.497 e. The first-order valence-electron chi connectivity index (χ1n) is 5.54. The van der Waals surface area contributed by atoms with Gasteiger partial charge in [0.25, 0.3) is 0 Å². The number of nitro groups is 1. The quantitative estimate of drug-likeness (QED) is 0.623. The monoisotopic (exact) mass is 260 g/mol. The summed E-state index contributed by atoms with van der Waals surface area (Å²) in [4.78, 5) is 10.4. The van der Waals surface area contributed by atoms with E-state index in [0.29, 0.717) is 5.75 Å². The zero-order valence-electron chi connectivity index (χ0n) is 10.5. The summed E-state index contributed by atoms with van der Waals surface area (Å²) >= 11 is 0. The van der Waals surface area contributed by atoms with Gasteiger partial charge in [0.15, 0.2) is 5.69 Å². The third-order valence-electron chi connectivity index (χ3n) is 2.57. The van der Waals surface area contributed by atoms with E-state index in [1.807, 2.05) is 24.3 Å². The van der Waals surface area contributed by atoms with Crippen LogP contribution in [0.1, 0.15) is 17.0 Å². The number of methoxy groups -OCH3 is 1. The number of aryl methyl sites for hydroxylation is 1. The summed E-state index contributed by atoms with van der Waals surface area (Å²) in [7, 11) is 1.58. The SMILES string of the molecule is COc1cccc(C=Cc2noc(C)c2[N+](=O)[O-])c1.